The SMILES string of the molecule is Cc1cc(CC(=O)c2cnn(-c3ccc(C(F)(F)F)cn3)c2C)cnc1C1=CCC(NC(=O)C(C)(C)C)CC1. The molecule has 1 aliphatic carbocycles. The summed E-state index contributed by atoms with van der Waals surface area (Å²) >= 11 is 0. The fourth-order valence-electron chi connectivity index (χ4n) is 4.52. The lowest BCUT2D eigenvalue weighted by Crippen LogP contribution is -2.42. The maximum atomic E-state index is 13.1. The molecule has 1 aliphatic rings. The van der Waals surface area contributed by atoms with Gasteiger partial charge in [0.1, 0.15) is 0 Å². The van der Waals surface area contributed by atoms with E-state index in [9.17, 15) is 22.8 Å². The predicted molar refractivity (Wildman–Crippen MR) is 141 cm³/mol. The number of halogens is 3. The Morgan fingerprint density at radius 1 is 1.08 bits per heavy atom. The van der Waals surface area contributed by atoms with Gasteiger partial charge in [0.15, 0.2) is 11.6 Å². The fourth-order valence-corrected chi connectivity index (χ4v) is 4.52. The number of hydrogen-bond acceptors (Lipinski definition) is 5. The molecule has 1 N–H and O–H groups in total. The van der Waals surface area contributed by atoms with E-state index in [-0.39, 0.29) is 30.0 Å². The molecule has 0 spiro atoms. The van der Waals surface area contributed by atoms with Crippen molar-refractivity contribution in [1.29, 1.82) is 0 Å². The summed E-state index contributed by atoms with van der Waals surface area (Å²) in [5.41, 5.74) is 3.33. The second-order valence-corrected chi connectivity index (χ2v) is 11.0. The quantitative estimate of drug-likeness (QED) is 0.399. The molecule has 0 fully saturated rings. The van der Waals surface area contributed by atoms with Crippen LogP contribution in [0.25, 0.3) is 11.4 Å². The molecule has 0 aliphatic heterocycles. The summed E-state index contributed by atoms with van der Waals surface area (Å²) in [6, 6.07) is 4.22. The van der Waals surface area contributed by atoms with E-state index < -0.39 is 17.2 Å². The zero-order valence-electron chi connectivity index (χ0n) is 22.7. The van der Waals surface area contributed by atoms with E-state index in [2.05, 4.69) is 26.5 Å². The van der Waals surface area contributed by atoms with E-state index in [0.717, 1.165) is 53.9 Å². The highest BCUT2D eigenvalue weighted by Gasteiger charge is 2.31. The van der Waals surface area contributed by atoms with Crippen LogP contribution in [0.4, 0.5) is 13.2 Å². The maximum Gasteiger partial charge on any atom is 0.417 e. The lowest BCUT2D eigenvalue weighted by Gasteiger charge is -2.27. The second kappa shape index (κ2) is 10.7. The molecular formula is C29H32F3N5O2. The molecular weight excluding hydrogens is 507 g/mol. The van der Waals surface area contributed by atoms with E-state index in [1.54, 1.807) is 13.1 Å². The van der Waals surface area contributed by atoms with Crippen molar-refractivity contribution in [2.24, 2.45) is 5.41 Å². The Bertz CT molecular complexity index is 1420. The molecule has 0 bridgehead atoms. The molecule has 0 saturated carbocycles. The number of aromatic nitrogens is 4. The highest BCUT2D eigenvalue weighted by atomic mass is 19.4. The van der Waals surface area contributed by atoms with Gasteiger partial charge in [0, 0.05) is 30.3 Å². The Morgan fingerprint density at radius 3 is 2.38 bits per heavy atom. The maximum absolute atomic E-state index is 13.1. The number of ketones is 1. The standard InChI is InChI=1S/C29H32F3N5O2/c1-17-12-19(14-34-26(17)20-6-9-22(10-7-20)36-27(39)28(3,4)5)13-24(38)23-16-35-37(18(23)2)25-11-8-21(15-33-25)29(30,31)32/h6,8,11-12,14-16,22H,7,9-10,13H2,1-5H3,(H,36,39). The van der Waals surface area contributed by atoms with Crippen LogP contribution in [0.15, 0.2) is 42.9 Å². The van der Waals surface area contributed by atoms with Crippen molar-refractivity contribution >= 4 is 17.3 Å². The third-order valence-corrected chi connectivity index (χ3v) is 6.83. The van der Waals surface area contributed by atoms with Crippen molar-refractivity contribution in [2.75, 3.05) is 0 Å². The lowest BCUT2D eigenvalue weighted by molar-refractivity contribution is -0.137. The summed E-state index contributed by atoms with van der Waals surface area (Å²) in [6.07, 6.45) is 4.01. The van der Waals surface area contributed by atoms with Crippen LogP contribution in [0, 0.1) is 19.3 Å². The topological polar surface area (TPSA) is 89.8 Å². The van der Waals surface area contributed by atoms with Gasteiger partial charge in [-0.1, -0.05) is 32.9 Å². The van der Waals surface area contributed by atoms with E-state index in [4.69, 9.17) is 0 Å². The average molecular weight is 540 g/mol. The summed E-state index contributed by atoms with van der Waals surface area (Å²) in [5, 5.41) is 7.29. The summed E-state index contributed by atoms with van der Waals surface area (Å²) in [7, 11) is 0. The molecule has 3 heterocycles. The van der Waals surface area contributed by atoms with E-state index in [1.165, 1.54) is 16.9 Å². The first-order valence-electron chi connectivity index (χ1n) is 12.8. The van der Waals surface area contributed by atoms with E-state index >= 15 is 0 Å². The summed E-state index contributed by atoms with van der Waals surface area (Å²) in [6.45, 7) is 9.34. The lowest BCUT2D eigenvalue weighted by atomic mass is 9.89. The van der Waals surface area contributed by atoms with Gasteiger partial charge >= 0.3 is 6.18 Å². The van der Waals surface area contributed by atoms with Gasteiger partial charge in [0.25, 0.3) is 0 Å². The first-order valence-corrected chi connectivity index (χ1v) is 12.8. The number of carbonyl (C=O) groups excluding carboxylic acids is 2. The zero-order chi connectivity index (χ0) is 28.5. The van der Waals surface area contributed by atoms with E-state index in [0.29, 0.717) is 11.3 Å². The van der Waals surface area contributed by atoms with Crippen molar-refractivity contribution in [3.8, 4) is 5.82 Å². The second-order valence-electron chi connectivity index (χ2n) is 11.0. The number of nitrogens with zero attached hydrogens (tertiary/aromatic N) is 4. The molecule has 7 nitrogen and oxygen atoms in total. The number of Topliss-reactive ketones (excluding diaryl/α,β-unsaturated/α-hetero) is 1. The smallest absolute Gasteiger partial charge is 0.353 e. The van der Waals surface area contributed by atoms with Crippen LogP contribution >= 0.6 is 0 Å². The number of amides is 1. The molecule has 4 rings (SSSR count). The van der Waals surface area contributed by atoms with Gasteiger partial charge in [-0.3, -0.25) is 14.6 Å². The van der Waals surface area contributed by atoms with Crippen LogP contribution in [-0.2, 0) is 17.4 Å². The summed E-state index contributed by atoms with van der Waals surface area (Å²) in [4.78, 5) is 33.9. The van der Waals surface area contributed by atoms with Gasteiger partial charge in [-0.2, -0.15) is 18.3 Å². The Labute approximate surface area is 225 Å². The van der Waals surface area contributed by atoms with Crippen molar-refractivity contribution in [3.05, 3.63) is 76.5 Å². The largest absolute Gasteiger partial charge is 0.417 e. The van der Waals surface area contributed by atoms with Crippen molar-refractivity contribution in [1.82, 2.24) is 25.1 Å². The Kier molecular flexibility index (Phi) is 7.77. The summed E-state index contributed by atoms with van der Waals surface area (Å²) in [5.74, 6) is 0.0698. The molecule has 1 unspecified atom stereocenters. The molecule has 39 heavy (non-hydrogen) atoms. The first kappa shape index (κ1) is 28.2. The number of nitrogens with one attached hydrogen (secondary N) is 1. The third-order valence-electron chi connectivity index (χ3n) is 6.83. The minimum absolute atomic E-state index is 0.0454. The minimum atomic E-state index is -4.48. The van der Waals surface area contributed by atoms with Gasteiger partial charge in [0.05, 0.1) is 28.7 Å². The van der Waals surface area contributed by atoms with Crippen molar-refractivity contribution in [3.63, 3.8) is 0 Å². The number of allylic oxidation sites excluding steroid dienone is 1. The van der Waals surface area contributed by atoms with Crippen LogP contribution in [0.3, 0.4) is 0 Å². The predicted octanol–water partition coefficient (Wildman–Crippen LogP) is 5.82. The number of pyridine rings is 2. The number of hydrogen-bond donors (Lipinski definition) is 1. The van der Waals surface area contributed by atoms with Crippen LogP contribution in [-0.4, -0.2) is 37.5 Å². The number of alkyl halides is 3. The van der Waals surface area contributed by atoms with Gasteiger partial charge in [-0.05, 0) is 61.9 Å². The van der Waals surface area contributed by atoms with Crippen LogP contribution in [0.5, 0.6) is 0 Å². The number of rotatable bonds is 6. The van der Waals surface area contributed by atoms with E-state index in [1.807, 2.05) is 33.8 Å². The molecule has 1 atom stereocenters. The van der Waals surface area contributed by atoms with Gasteiger partial charge in [-0.25, -0.2) is 9.67 Å². The highest BCUT2D eigenvalue weighted by Crippen LogP contribution is 2.30. The molecule has 0 saturated heterocycles. The monoisotopic (exact) mass is 539 g/mol. The highest BCUT2D eigenvalue weighted by molar-refractivity contribution is 5.98. The van der Waals surface area contributed by atoms with Gasteiger partial charge in [0.2, 0.25) is 5.91 Å². The fraction of sp³-hybridized carbons (Fsp3) is 0.414. The Hall–Kier alpha value is -3.82. The van der Waals surface area contributed by atoms with Gasteiger partial charge < -0.3 is 5.32 Å². The first-order chi connectivity index (χ1) is 18.2. The molecule has 0 radical (unpaired) electrons. The molecule has 3 aromatic rings. The minimum Gasteiger partial charge on any atom is -0.353 e. The third kappa shape index (κ3) is 6.43. The number of aryl methyl sites for hydroxylation is 1. The average Bonchev–Trinajstić information content (AvgIpc) is 3.25. The van der Waals surface area contributed by atoms with Gasteiger partial charge in [-0.15, -0.1) is 0 Å². The Balaban J connectivity index is 1.43. The normalized spacial score (nSPS) is 16.1. The van der Waals surface area contributed by atoms with Crippen LogP contribution < -0.4 is 5.32 Å². The molecule has 1 amide bonds. The van der Waals surface area contributed by atoms with Crippen molar-refractivity contribution < 1.29 is 22.8 Å². The van der Waals surface area contributed by atoms with Crippen LogP contribution in [0.1, 0.15) is 78.5 Å². The zero-order valence-corrected chi connectivity index (χ0v) is 22.7. The number of carbonyl (C=O) groups is 2. The van der Waals surface area contributed by atoms with Crippen LogP contribution in [0.2, 0.25) is 0 Å². The Morgan fingerprint density at radius 2 is 1.82 bits per heavy atom. The van der Waals surface area contributed by atoms with Crippen molar-refractivity contribution in [2.45, 2.75) is 72.5 Å². The molecule has 10 heteroatoms. The molecule has 206 valence electrons. The summed E-state index contributed by atoms with van der Waals surface area (Å²) < 4.78 is 39.9. The molecule has 0 aromatic carbocycles. The molecule has 3 aromatic heterocycles.